The van der Waals surface area contributed by atoms with Gasteiger partial charge in [-0.2, -0.15) is 0 Å². The van der Waals surface area contributed by atoms with Gasteiger partial charge in [-0.15, -0.1) is 0 Å². The van der Waals surface area contributed by atoms with Crippen LogP contribution in [0.15, 0.2) is 4.99 Å². The molecule has 0 aliphatic heterocycles. The van der Waals surface area contributed by atoms with Crippen LogP contribution in [0, 0.1) is 0 Å². The van der Waals surface area contributed by atoms with Gasteiger partial charge in [-0.3, -0.25) is 0 Å². The van der Waals surface area contributed by atoms with Gasteiger partial charge < -0.3 is 10.1 Å². The number of amides is 1. The third-order valence-electron chi connectivity index (χ3n) is 1.56. The monoisotopic (exact) mass is 200 g/mol. The zero-order valence-corrected chi connectivity index (χ0v) is 8.41. The van der Waals surface area contributed by atoms with E-state index < -0.39 is 0 Å². The first-order chi connectivity index (χ1) is 6.81. The molecule has 1 amide bonds. The molecule has 0 radical (unpaired) electrons. The molecule has 0 bridgehead atoms. The summed E-state index contributed by atoms with van der Waals surface area (Å²) < 4.78 is 4.67. The summed E-state index contributed by atoms with van der Waals surface area (Å²) in [5, 5.41) is 2.61. The number of unbranched alkanes of at least 4 members (excludes halogenated alkanes) is 2. The van der Waals surface area contributed by atoms with E-state index in [0.29, 0.717) is 19.7 Å². The first-order valence-corrected chi connectivity index (χ1v) is 4.75. The average Bonchev–Trinajstić information content (AvgIpc) is 2.17. The molecule has 0 heterocycles. The molecule has 0 spiro atoms. The second-order valence-corrected chi connectivity index (χ2v) is 2.68. The Bertz CT molecular complexity index is 200. The quantitative estimate of drug-likeness (QED) is 0.382. The van der Waals surface area contributed by atoms with Crippen LogP contribution < -0.4 is 5.32 Å². The van der Waals surface area contributed by atoms with Gasteiger partial charge in [0.2, 0.25) is 6.08 Å². The zero-order chi connectivity index (χ0) is 10.6. The van der Waals surface area contributed by atoms with Gasteiger partial charge in [0.25, 0.3) is 0 Å². The first kappa shape index (κ1) is 12.7. The SMILES string of the molecule is CCOC(=O)NCCCCCN=C=O. The van der Waals surface area contributed by atoms with Gasteiger partial charge >= 0.3 is 6.09 Å². The molecular weight excluding hydrogens is 184 g/mol. The van der Waals surface area contributed by atoms with E-state index in [1.807, 2.05) is 0 Å². The number of nitrogens with one attached hydrogen (secondary N) is 1. The maximum atomic E-state index is 10.8. The number of aliphatic imine (C=N–C) groups is 1. The number of ether oxygens (including phenoxy) is 1. The third kappa shape index (κ3) is 8.74. The Kier molecular flexibility index (Phi) is 8.80. The van der Waals surface area contributed by atoms with Crippen molar-refractivity contribution in [2.24, 2.45) is 4.99 Å². The smallest absolute Gasteiger partial charge is 0.407 e. The van der Waals surface area contributed by atoms with Gasteiger partial charge in [-0.25, -0.2) is 14.6 Å². The Labute approximate surface area is 83.5 Å². The van der Waals surface area contributed by atoms with E-state index >= 15 is 0 Å². The van der Waals surface area contributed by atoms with Gasteiger partial charge in [0.05, 0.1) is 13.2 Å². The Morgan fingerprint density at radius 2 is 2.21 bits per heavy atom. The minimum Gasteiger partial charge on any atom is -0.450 e. The summed E-state index contributed by atoms with van der Waals surface area (Å²) >= 11 is 0. The molecular formula is C9H16N2O3. The lowest BCUT2D eigenvalue weighted by atomic mass is 10.2. The summed E-state index contributed by atoms with van der Waals surface area (Å²) in [5.74, 6) is 0. The predicted octanol–water partition coefficient (Wildman–Crippen LogP) is 1.24. The molecule has 5 heteroatoms. The molecule has 0 aromatic carbocycles. The largest absolute Gasteiger partial charge is 0.450 e. The molecule has 0 aromatic rings. The summed E-state index contributed by atoms with van der Waals surface area (Å²) in [6.07, 6.45) is 3.75. The van der Waals surface area contributed by atoms with Crippen LogP contribution in [-0.2, 0) is 9.53 Å². The van der Waals surface area contributed by atoms with Gasteiger partial charge in [0.1, 0.15) is 0 Å². The van der Waals surface area contributed by atoms with Crippen molar-refractivity contribution in [3.63, 3.8) is 0 Å². The number of isocyanates is 1. The number of rotatable bonds is 7. The van der Waals surface area contributed by atoms with Gasteiger partial charge in [0, 0.05) is 6.54 Å². The molecule has 1 N–H and O–H groups in total. The molecule has 0 aromatic heterocycles. The van der Waals surface area contributed by atoms with E-state index in [-0.39, 0.29) is 6.09 Å². The number of hydrogen-bond acceptors (Lipinski definition) is 4. The van der Waals surface area contributed by atoms with Gasteiger partial charge in [-0.1, -0.05) is 0 Å². The fourth-order valence-electron chi connectivity index (χ4n) is 0.911. The van der Waals surface area contributed by atoms with E-state index in [9.17, 15) is 9.59 Å². The number of alkyl carbamates (subject to hydrolysis) is 1. The fraction of sp³-hybridized carbons (Fsp3) is 0.778. The second kappa shape index (κ2) is 9.74. The van der Waals surface area contributed by atoms with Crippen molar-refractivity contribution in [3.8, 4) is 0 Å². The van der Waals surface area contributed by atoms with E-state index in [4.69, 9.17) is 0 Å². The first-order valence-electron chi connectivity index (χ1n) is 4.75. The van der Waals surface area contributed by atoms with Crippen LogP contribution in [0.25, 0.3) is 0 Å². The lowest BCUT2D eigenvalue weighted by Gasteiger charge is -2.03. The Balaban J connectivity index is 3.13. The molecule has 0 saturated carbocycles. The highest BCUT2D eigenvalue weighted by Crippen LogP contribution is 1.93. The van der Waals surface area contributed by atoms with Crippen molar-refractivity contribution in [1.29, 1.82) is 0 Å². The molecule has 14 heavy (non-hydrogen) atoms. The minimum absolute atomic E-state index is 0.376. The molecule has 0 rings (SSSR count). The highest BCUT2D eigenvalue weighted by molar-refractivity contribution is 5.66. The highest BCUT2D eigenvalue weighted by Gasteiger charge is 1.97. The number of carbonyl (C=O) groups is 1. The third-order valence-corrected chi connectivity index (χ3v) is 1.56. The maximum Gasteiger partial charge on any atom is 0.407 e. The van der Waals surface area contributed by atoms with Crippen molar-refractivity contribution in [2.45, 2.75) is 26.2 Å². The molecule has 5 nitrogen and oxygen atoms in total. The summed E-state index contributed by atoms with van der Waals surface area (Å²) in [6, 6.07) is 0. The molecule has 0 aliphatic carbocycles. The van der Waals surface area contributed by atoms with Crippen molar-refractivity contribution in [1.82, 2.24) is 5.32 Å². The minimum atomic E-state index is -0.376. The van der Waals surface area contributed by atoms with Crippen molar-refractivity contribution in [3.05, 3.63) is 0 Å². The van der Waals surface area contributed by atoms with Crippen LogP contribution in [0.3, 0.4) is 0 Å². The van der Waals surface area contributed by atoms with Crippen LogP contribution in [0.4, 0.5) is 4.79 Å². The second-order valence-electron chi connectivity index (χ2n) is 2.68. The van der Waals surface area contributed by atoms with Crippen molar-refractivity contribution >= 4 is 12.2 Å². The van der Waals surface area contributed by atoms with Gasteiger partial charge in [0.15, 0.2) is 0 Å². The topological polar surface area (TPSA) is 67.8 Å². The molecule has 0 fully saturated rings. The fourth-order valence-corrected chi connectivity index (χ4v) is 0.911. The number of carbonyl (C=O) groups excluding carboxylic acids is 2. The molecule has 80 valence electrons. The van der Waals surface area contributed by atoms with Gasteiger partial charge in [-0.05, 0) is 26.2 Å². The van der Waals surface area contributed by atoms with Crippen LogP contribution in [0.5, 0.6) is 0 Å². The lowest BCUT2D eigenvalue weighted by molar-refractivity contribution is 0.152. The molecule has 0 atom stereocenters. The van der Waals surface area contributed by atoms with Crippen LogP contribution >= 0.6 is 0 Å². The van der Waals surface area contributed by atoms with Crippen LogP contribution in [0.1, 0.15) is 26.2 Å². The lowest BCUT2D eigenvalue weighted by Crippen LogP contribution is -2.25. The summed E-state index contributed by atoms with van der Waals surface area (Å²) in [4.78, 5) is 23.9. The van der Waals surface area contributed by atoms with E-state index in [2.05, 4.69) is 15.0 Å². The summed E-state index contributed by atoms with van der Waals surface area (Å²) in [5.41, 5.74) is 0. The number of hydrogen-bond donors (Lipinski definition) is 1. The summed E-state index contributed by atoms with van der Waals surface area (Å²) in [6.45, 7) is 3.27. The average molecular weight is 200 g/mol. The number of nitrogens with zero attached hydrogens (tertiary/aromatic N) is 1. The van der Waals surface area contributed by atoms with Crippen molar-refractivity contribution in [2.75, 3.05) is 19.7 Å². The van der Waals surface area contributed by atoms with E-state index in [0.717, 1.165) is 19.3 Å². The normalized spacial score (nSPS) is 8.93. The summed E-state index contributed by atoms with van der Waals surface area (Å²) in [7, 11) is 0. The van der Waals surface area contributed by atoms with Crippen molar-refractivity contribution < 1.29 is 14.3 Å². The maximum absolute atomic E-state index is 10.8. The highest BCUT2D eigenvalue weighted by atomic mass is 16.5. The molecule has 0 unspecified atom stereocenters. The molecule has 0 saturated heterocycles. The Hall–Kier alpha value is -1.35. The van der Waals surface area contributed by atoms with E-state index in [1.165, 1.54) is 6.08 Å². The van der Waals surface area contributed by atoms with Crippen LogP contribution in [0.2, 0.25) is 0 Å². The molecule has 0 aliphatic rings. The zero-order valence-electron chi connectivity index (χ0n) is 8.41. The Morgan fingerprint density at radius 1 is 1.43 bits per heavy atom. The Morgan fingerprint density at radius 3 is 2.86 bits per heavy atom. The van der Waals surface area contributed by atoms with E-state index in [1.54, 1.807) is 6.92 Å². The van der Waals surface area contributed by atoms with Crippen LogP contribution in [-0.4, -0.2) is 31.9 Å². The standard InChI is InChI=1S/C9H16N2O3/c1-2-14-9(13)11-7-5-3-4-6-10-8-12/h2-7H2,1H3,(H,11,13). The predicted molar refractivity (Wildman–Crippen MR) is 51.9 cm³/mol.